The molecule has 0 atom stereocenters. The van der Waals surface area contributed by atoms with Crippen LogP contribution in [0.25, 0.3) is 0 Å². The average molecular weight is 165 g/mol. The highest BCUT2D eigenvalue weighted by Crippen LogP contribution is 2.26. The first-order valence-electron chi connectivity index (χ1n) is 3.98. The van der Waals surface area contributed by atoms with Crippen LogP contribution in [0.1, 0.15) is 6.92 Å². The maximum Gasteiger partial charge on any atom is 0.225 e. The van der Waals surface area contributed by atoms with E-state index in [9.17, 15) is 4.79 Å². The van der Waals surface area contributed by atoms with Gasteiger partial charge in [0.15, 0.2) is 0 Å². The predicted molar refractivity (Wildman–Crippen MR) is 47.3 cm³/mol. The van der Waals surface area contributed by atoms with Crippen LogP contribution in [0.3, 0.4) is 0 Å². The highest BCUT2D eigenvalue weighted by Gasteiger charge is 2.19. The van der Waals surface area contributed by atoms with Gasteiger partial charge in [0.05, 0.1) is 5.69 Å². The molecule has 4 heteroatoms. The molecule has 0 radical (unpaired) electrons. The molecule has 2 rings (SSSR count). The third-order valence-electron chi connectivity index (χ3n) is 2.03. The van der Waals surface area contributed by atoms with Crippen molar-refractivity contribution in [3.05, 3.63) is 12.3 Å². The minimum Gasteiger partial charge on any atom is -0.380 e. The summed E-state index contributed by atoms with van der Waals surface area (Å²) in [4.78, 5) is 15.9. The third-order valence-corrected chi connectivity index (χ3v) is 2.03. The summed E-state index contributed by atoms with van der Waals surface area (Å²) in [6.07, 6.45) is 1.83. The maximum absolute atomic E-state index is 11.1. The van der Waals surface area contributed by atoms with Crippen LogP contribution in [0.15, 0.2) is 12.3 Å². The zero-order valence-corrected chi connectivity index (χ0v) is 6.92. The molecule has 1 amide bonds. The number of amides is 1. The van der Waals surface area contributed by atoms with E-state index in [1.165, 1.54) is 0 Å². The SMILES string of the molecule is CC(=O)N1CCNc2cc[nH]c21. The minimum absolute atomic E-state index is 0.0835. The Hall–Kier alpha value is -1.45. The van der Waals surface area contributed by atoms with Crippen molar-refractivity contribution in [1.82, 2.24) is 4.98 Å². The lowest BCUT2D eigenvalue weighted by atomic mass is 10.3. The Bertz CT molecular complexity index is 305. The van der Waals surface area contributed by atoms with Gasteiger partial charge in [-0.3, -0.25) is 9.69 Å². The van der Waals surface area contributed by atoms with Gasteiger partial charge in [0.1, 0.15) is 5.82 Å². The number of hydrogen-bond donors (Lipinski definition) is 2. The van der Waals surface area contributed by atoms with Crippen molar-refractivity contribution in [3.8, 4) is 0 Å². The summed E-state index contributed by atoms with van der Waals surface area (Å²) in [5, 5.41) is 3.20. The normalized spacial score (nSPS) is 15.2. The molecule has 12 heavy (non-hydrogen) atoms. The molecule has 1 aliphatic rings. The number of carbonyl (C=O) groups is 1. The molecule has 64 valence electrons. The molecule has 1 aromatic rings. The second-order valence-corrected chi connectivity index (χ2v) is 2.84. The molecular weight excluding hydrogens is 154 g/mol. The molecular formula is C8H11N3O. The number of rotatable bonds is 0. The summed E-state index contributed by atoms with van der Waals surface area (Å²) in [5.74, 6) is 0.967. The average Bonchev–Trinajstić information content (AvgIpc) is 2.49. The van der Waals surface area contributed by atoms with Gasteiger partial charge >= 0.3 is 0 Å². The number of carbonyl (C=O) groups excluding carboxylic acids is 1. The second-order valence-electron chi connectivity index (χ2n) is 2.84. The quantitative estimate of drug-likeness (QED) is 0.597. The van der Waals surface area contributed by atoms with E-state index in [0.29, 0.717) is 0 Å². The Balaban J connectivity index is 2.37. The van der Waals surface area contributed by atoms with Crippen LogP contribution in [-0.4, -0.2) is 24.0 Å². The molecule has 2 N–H and O–H groups in total. The van der Waals surface area contributed by atoms with Crippen molar-refractivity contribution in [2.24, 2.45) is 0 Å². The van der Waals surface area contributed by atoms with Gasteiger partial charge in [-0.15, -0.1) is 0 Å². The van der Waals surface area contributed by atoms with Crippen molar-refractivity contribution in [2.75, 3.05) is 23.3 Å². The van der Waals surface area contributed by atoms with E-state index in [-0.39, 0.29) is 5.91 Å². The van der Waals surface area contributed by atoms with Gasteiger partial charge in [-0.2, -0.15) is 0 Å². The van der Waals surface area contributed by atoms with Crippen molar-refractivity contribution < 1.29 is 4.79 Å². The smallest absolute Gasteiger partial charge is 0.225 e. The molecule has 0 saturated carbocycles. The Morgan fingerprint density at radius 3 is 3.25 bits per heavy atom. The monoisotopic (exact) mass is 165 g/mol. The molecule has 0 unspecified atom stereocenters. The summed E-state index contributed by atoms with van der Waals surface area (Å²) in [7, 11) is 0. The predicted octanol–water partition coefficient (Wildman–Crippen LogP) is 0.793. The summed E-state index contributed by atoms with van der Waals surface area (Å²) < 4.78 is 0. The largest absolute Gasteiger partial charge is 0.380 e. The van der Waals surface area contributed by atoms with Gasteiger partial charge in [-0.05, 0) is 6.07 Å². The molecule has 0 fully saturated rings. The molecule has 0 aliphatic carbocycles. The lowest BCUT2D eigenvalue weighted by Crippen LogP contribution is -2.37. The Morgan fingerprint density at radius 2 is 2.50 bits per heavy atom. The molecule has 4 nitrogen and oxygen atoms in total. The van der Waals surface area contributed by atoms with Crippen molar-refractivity contribution >= 4 is 17.4 Å². The van der Waals surface area contributed by atoms with Crippen LogP contribution in [0, 0.1) is 0 Å². The number of H-pyrrole nitrogens is 1. The third kappa shape index (κ3) is 0.958. The van der Waals surface area contributed by atoms with Crippen LogP contribution in [0.4, 0.5) is 11.5 Å². The lowest BCUT2D eigenvalue weighted by Gasteiger charge is -2.26. The van der Waals surface area contributed by atoms with Crippen molar-refractivity contribution in [3.63, 3.8) is 0 Å². The van der Waals surface area contributed by atoms with E-state index in [1.54, 1.807) is 11.8 Å². The van der Waals surface area contributed by atoms with E-state index < -0.39 is 0 Å². The molecule has 0 aromatic carbocycles. The first-order valence-corrected chi connectivity index (χ1v) is 3.98. The Kier molecular flexibility index (Phi) is 1.53. The molecule has 0 saturated heterocycles. The molecule has 0 spiro atoms. The van der Waals surface area contributed by atoms with Gasteiger partial charge in [0.2, 0.25) is 5.91 Å². The number of nitrogens with one attached hydrogen (secondary N) is 2. The number of fused-ring (bicyclic) bond motifs is 1. The van der Waals surface area contributed by atoms with E-state index in [1.807, 2.05) is 12.3 Å². The molecule has 2 heterocycles. The van der Waals surface area contributed by atoms with Crippen molar-refractivity contribution in [1.29, 1.82) is 0 Å². The van der Waals surface area contributed by atoms with E-state index in [0.717, 1.165) is 24.6 Å². The number of anilines is 2. The molecule has 1 aromatic heterocycles. The number of aromatic amines is 1. The summed E-state index contributed by atoms with van der Waals surface area (Å²) in [6.45, 7) is 3.14. The fraction of sp³-hybridized carbons (Fsp3) is 0.375. The van der Waals surface area contributed by atoms with Crippen LogP contribution >= 0.6 is 0 Å². The number of hydrogen-bond acceptors (Lipinski definition) is 2. The lowest BCUT2D eigenvalue weighted by molar-refractivity contribution is -0.116. The maximum atomic E-state index is 11.1. The fourth-order valence-corrected chi connectivity index (χ4v) is 1.46. The van der Waals surface area contributed by atoms with Gasteiger partial charge in [0, 0.05) is 26.2 Å². The summed E-state index contributed by atoms with van der Waals surface area (Å²) in [6, 6.07) is 1.93. The Morgan fingerprint density at radius 1 is 1.67 bits per heavy atom. The van der Waals surface area contributed by atoms with Gasteiger partial charge in [0.25, 0.3) is 0 Å². The Labute approximate surface area is 70.6 Å². The van der Waals surface area contributed by atoms with Crippen LogP contribution in [0.2, 0.25) is 0 Å². The summed E-state index contributed by atoms with van der Waals surface area (Å²) in [5.41, 5.74) is 1.01. The second kappa shape index (κ2) is 2.55. The van der Waals surface area contributed by atoms with Crippen molar-refractivity contribution in [2.45, 2.75) is 6.92 Å². The van der Waals surface area contributed by atoms with Gasteiger partial charge < -0.3 is 10.3 Å². The zero-order chi connectivity index (χ0) is 8.55. The minimum atomic E-state index is 0.0835. The molecule has 1 aliphatic heterocycles. The number of nitrogens with zero attached hydrogens (tertiary/aromatic N) is 1. The first kappa shape index (κ1) is 7.21. The van der Waals surface area contributed by atoms with Gasteiger partial charge in [-0.1, -0.05) is 0 Å². The van der Waals surface area contributed by atoms with E-state index in [2.05, 4.69) is 10.3 Å². The standard InChI is InChI=1S/C8H11N3O/c1-6(12)11-5-4-9-7-2-3-10-8(7)11/h2-3,9-10H,4-5H2,1H3. The number of aromatic nitrogens is 1. The van der Waals surface area contributed by atoms with E-state index >= 15 is 0 Å². The highest BCUT2D eigenvalue weighted by molar-refractivity contribution is 5.94. The summed E-state index contributed by atoms with van der Waals surface area (Å²) >= 11 is 0. The highest BCUT2D eigenvalue weighted by atomic mass is 16.2. The van der Waals surface area contributed by atoms with Crippen LogP contribution in [-0.2, 0) is 4.79 Å². The van der Waals surface area contributed by atoms with E-state index in [4.69, 9.17) is 0 Å². The van der Waals surface area contributed by atoms with Gasteiger partial charge in [-0.25, -0.2) is 0 Å². The fourth-order valence-electron chi connectivity index (χ4n) is 1.46. The van der Waals surface area contributed by atoms with Crippen LogP contribution < -0.4 is 10.2 Å². The zero-order valence-electron chi connectivity index (χ0n) is 6.92. The van der Waals surface area contributed by atoms with Crippen LogP contribution in [0.5, 0.6) is 0 Å². The molecule has 0 bridgehead atoms. The topological polar surface area (TPSA) is 48.1 Å². The first-order chi connectivity index (χ1) is 5.79.